The molecule has 4 nitrogen and oxygen atoms in total. The number of ether oxygens (including phenoxy) is 1. The third-order valence-corrected chi connectivity index (χ3v) is 3.44. The van der Waals surface area contributed by atoms with Gasteiger partial charge >= 0.3 is 0 Å². The van der Waals surface area contributed by atoms with E-state index in [1.807, 2.05) is 6.92 Å². The number of carbonyl (C=O) groups is 1. The highest BCUT2D eigenvalue weighted by Gasteiger charge is 2.30. The first-order valence-electron chi connectivity index (χ1n) is 5.72. The molecule has 0 aromatic carbocycles. The smallest absolute Gasteiger partial charge is 0.230 e. The molecule has 0 aliphatic heterocycles. The average molecular weight is 244 g/mol. The van der Waals surface area contributed by atoms with E-state index in [-0.39, 0.29) is 29.0 Å². The molecule has 3 unspecified atom stereocenters. The lowest BCUT2D eigenvalue weighted by molar-refractivity contribution is -0.124. The van der Waals surface area contributed by atoms with Crippen LogP contribution in [0.5, 0.6) is 0 Å². The highest BCUT2D eigenvalue weighted by Crippen LogP contribution is 2.22. The van der Waals surface area contributed by atoms with Crippen LogP contribution in [0.25, 0.3) is 0 Å². The van der Waals surface area contributed by atoms with Crippen LogP contribution in [0.15, 0.2) is 0 Å². The molecule has 92 valence electrons. The molecular weight excluding hydrogens is 224 g/mol. The van der Waals surface area contributed by atoms with Crippen molar-refractivity contribution in [3.8, 4) is 0 Å². The van der Waals surface area contributed by atoms with Crippen molar-refractivity contribution in [2.24, 2.45) is 11.7 Å². The average Bonchev–Trinajstić information content (AvgIpc) is 2.65. The number of carbonyl (C=O) groups excluding carboxylic acids is 1. The minimum atomic E-state index is -0.354. The van der Waals surface area contributed by atoms with Gasteiger partial charge in [-0.2, -0.15) is 0 Å². The first-order chi connectivity index (χ1) is 7.60. The fourth-order valence-electron chi connectivity index (χ4n) is 2.17. The molecular formula is C11H20N2O2S. The van der Waals surface area contributed by atoms with E-state index in [4.69, 9.17) is 22.7 Å². The molecule has 3 N–H and O–H groups in total. The van der Waals surface area contributed by atoms with E-state index in [0.717, 1.165) is 19.3 Å². The maximum absolute atomic E-state index is 11.9. The number of rotatable bonds is 5. The Balaban J connectivity index is 2.52. The molecule has 0 spiro atoms. The Morgan fingerprint density at radius 3 is 2.81 bits per heavy atom. The Labute approximate surface area is 102 Å². The van der Waals surface area contributed by atoms with Crippen LogP contribution < -0.4 is 11.1 Å². The van der Waals surface area contributed by atoms with Gasteiger partial charge in [-0.25, -0.2) is 0 Å². The third-order valence-electron chi connectivity index (χ3n) is 3.15. The second-order valence-electron chi connectivity index (χ2n) is 4.18. The maximum Gasteiger partial charge on any atom is 0.230 e. The summed E-state index contributed by atoms with van der Waals surface area (Å²) in [5, 5.41) is 2.98. The molecule has 3 atom stereocenters. The van der Waals surface area contributed by atoms with Crippen molar-refractivity contribution < 1.29 is 9.53 Å². The second-order valence-corrected chi connectivity index (χ2v) is 4.65. The van der Waals surface area contributed by atoms with Crippen molar-refractivity contribution in [3.05, 3.63) is 0 Å². The second kappa shape index (κ2) is 6.15. The zero-order valence-electron chi connectivity index (χ0n) is 9.86. The molecule has 0 saturated heterocycles. The van der Waals surface area contributed by atoms with Crippen molar-refractivity contribution in [1.29, 1.82) is 0 Å². The largest absolute Gasteiger partial charge is 0.393 e. The molecule has 1 saturated carbocycles. The standard InChI is InChI=1S/C11H20N2O2S/c1-3-7(10(12)16)11(14)13-8-5-4-6-9(8)15-2/h7-9H,3-6H2,1-2H3,(H2,12,16)(H,13,14). The van der Waals surface area contributed by atoms with E-state index < -0.39 is 0 Å². The number of amides is 1. The zero-order chi connectivity index (χ0) is 12.1. The van der Waals surface area contributed by atoms with Gasteiger partial charge < -0.3 is 15.8 Å². The minimum Gasteiger partial charge on any atom is -0.393 e. The predicted octanol–water partition coefficient (Wildman–Crippen LogP) is 0.982. The molecule has 1 fully saturated rings. The Morgan fingerprint density at radius 2 is 2.31 bits per heavy atom. The summed E-state index contributed by atoms with van der Waals surface area (Å²) < 4.78 is 5.32. The summed E-state index contributed by atoms with van der Waals surface area (Å²) in [6, 6.07) is 0.112. The number of methoxy groups -OCH3 is 1. The normalized spacial score (nSPS) is 26.4. The Morgan fingerprint density at radius 1 is 1.62 bits per heavy atom. The lowest BCUT2D eigenvalue weighted by atomic mass is 10.0. The molecule has 16 heavy (non-hydrogen) atoms. The van der Waals surface area contributed by atoms with Crippen molar-refractivity contribution in [3.63, 3.8) is 0 Å². The molecule has 0 heterocycles. The lowest BCUT2D eigenvalue weighted by Gasteiger charge is -2.22. The van der Waals surface area contributed by atoms with Crippen molar-refractivity contribution >= 4 is 23.1 Å². The number of nitrogens with one attached hydrogen (secondary N) is 1. The van der Waals surface area contributed by atoms with Crippen LogP contribution in [0.2, 0.25) is 0 Å². The van der Waals surface area contributed by atoms with E-state index in [0.29, 0.717) is 6.42 Å². The summed E-state index contributed by atoms with van der Waals surface area (Å²) in [5.74, 6) is -0.419. The Hall–Kier alpha value is -0.680. The number of hydrogen-bond acceptors (Lipinski definition) is 3. The highest BCUT2D eigenvalue weighted by atomic mass is 32.1. The molecule has 0 radical (unpaired) electrons. The van der Waals surface area contributed by atoms with Crippen LogP contribution >= 0.6 is 12.2 Å². The monoisotopic (exact) mass is 244 g/mol. The topological polar surface area (TPSA) is 64.3 Å². The van der Waals surface area contributed by atoms with Gasteiger partial charge in [0.05, 0.1) is 23.1 Å². The van der Waals surface area contributed by atoms with Gasteiger partial charge in [-0.1, -0.05) is 19.1 Å². The number of thiocarbonyl (C=S) groups is 1. The van der Waals surface area contributed by atoms with E-state index in [1.54, 1.807) is 7.11 Å². The van der Waals surface area contributed by atoms with Crippen LogP contribution in [0.3, 0.4) is 0 Å². The van der Waals surface area contributed by atoms with Crippen molar-refractivity contribution in [2.45, 2.75) is 44.8 Å². The van der Waals surface area contributed by atoms with Gasteiger partial charge in [0.2, 0.25) is 5.91 Å². The van der Waals surface area contributed by atoms with Gasteiger partial charge in [-0.15, -0.1) is 0 Å². The van der Waals surface area contributed by atoms with Crippen LogP contribution in [-0.2, 0) is 9.53 Å². The molecule has 1 rings (SSSR count). The number of nitrogens with two attached hydrogens (primary N) is 1. The molecule has 5 heteroatoms. The van der Waals surface area contributed by atoms with Gasteiger partial charge in [-0.3, -0.25) is 4.79 Å². The van der Waals surface area contributed by atoms with Crippen LogP contribution in [0.1, 0.15) is 32.6 Å². The van der Waals surface area contributed by atoms with Crippen LogP contribution in [0, 0.1) is 5.92 Å². The molecule has 0 aromatic rings. The van der Waals surface area contributed by atoms with Gasteiger partial charge in [0.1, 0.15) is 0 Å². The predicted molar refractivity (Wildman–Crippen MR) is 67.1 cm³/mol. The first-order valence-corrected chi connectivity index (χ1v) is 6.13. The number of hydrogen-bond donors (Lipinski definition) is 2. The maximum atomic E-state index is 11.9. The molecule has 1 amide bonds. The van der Waals surface area contributed by atoms with Gasteiger partial charge in [0, 0.05) is 7.11 Å². The van der Waals surface area contributed by atoms with E-state index >= 15 is 0 Å². The first kappa shape index (κ1) is 13.4. The third kappa shape index (κ3) is 3.15. The Kier molecular flexibility index (Phi) is 5.15. The molecule has 1 aliphatic carbocycles. The van der Waals surface area contributed by atoms with Gasteiger partial charge in [0.15, 0.2) is 0 Å². The zero-order valence-corrected chi connectivity index (χ0v) is 10.7. The minimum absolute atomic E-state index is 0.0658. The summed E-state index contributed by atoms with van der Waals surface area (Å²) in [5.41, 5.74) is 5.53. The van der Waals surface area contributed by atoms with Crippen LogP contribution in [-0.4, -0.2) is 30.2 Å². The van der Waals surface area contributed by atoms with Crippen molar-refractivity contribution in [2.75, 3.05) is 7.11 Å². The fraction of sp³-hybridized carbons (Fsp3) is 0.818. The summed E-state index contributed by atoms with van der Waals surface area (Å²) in [4.78, 5) is 12.2. The summed E-state index contributed by atoms with van der Waals surface area (Å²) in [7, 11) is 1.68. The fourth-order valence-corrected chi connectivity index (χ4v) is 2.45. The van der Waals surface area contributed by atoms with Crippen LogP contribution in [0.4, 0.5) is 0 Å². The highest BCUT2D eigenvalue weighted by molar-refractivity contribution is 7.80. The molecule has 1 aliphatic rings. The Bertz CT molecular complexity index is 271. The van der Waals surface area contributed by atoms with Gasteiger partial charge in [0.25, 0.3) is 0 Å². The van der Waals surface area contributed by atoms with E-state index in [1.165, 1.54) is 0 Å². The van der Waals surface area contributed by atoms with Crippen molar-refractivity contribution in [1.82, 2.24) is 5.32 Å². The molecule has 0 bridgehead atoms. The summed E-state index contributed by atoms with van der Waals surface area (Å²) in [6.45, 7) is 1.91. The van der Waals surface area contributed by atoms with Gasteiger partial charge in [-0.05, 0) is 25.7 Å². The quantitative estimate of drug-likeness (QED) is 0.708. The lowest BCUT2D eigenvalue weighted by Crippen LogP contribution is -2.46. The molecule has 0 aromatic heterocycles. The summed E-state index contributed by atoms with van der Waals surface area (Å²) in [6.07, 6.45) is 3.84. The summed E-state index contributed by atoms with van der Waals surface area (Å²) >= 11 is 4.88. The SMILES string of the molecule is CCC(C(=O)NC1CCCC1OC)C(N)=S. The van der Waals surface area contributed by atoms with E-state index in [2.05, 4.69) is 5.32 Å². The van der Waals surface area contributed by atoms with E-state index in [9.17, 15) is 4.79 Å².